The molecule has 1 aromatic heterocycles. The van der Waals surface area contributed by atoms with Gasteiger partial charge in [0.05, 0.1) is 0 Å². The summed E-state index contributed by atoms with van der Waals surface area (Å²) >= 11 is 7.28. The zero-order valence-corrected chi connectivity index (χ0v) is 9.42. The number of hydrogen-bond acceptors (Lipinski definition) is 3. The van der Waals surface area contributed by atoms with Crippen molar-refractivity contribution >= 4 is 22.9 Å². The first-order valence-corrected chi connectivity index (χ1v) is 5.92. The van der Waals surface area contributed by atoms with Gasteiger partial charge >= 0.3 is 0 Å². The Kier molecular flexibility index (Phi) is 5.35. The molecule has 0 bridgehead atoms. The highest BCUT2D eigenvalue weighted by Crippen LogP contribution is 2.07. The molecule has 0 aliphatic carbocycles. The van der Waals surface area contributed by atoms with Crippen LogP contribution in [0.15, 0.2) is 5.38 Å². The summed E-state index contributed by atoms with van der Waals surface area (Å²) in [5.41, 5.74) is 1.11. The standard InChI is InChI=1S/C9H15ClN2S/c1-8-7-13-9(12-8)6-11-5-3-2-4-10/h7,11H,2-6H2,1H3. The molecule has 4 heteroatoms. The van der Waals surface area contributed by atoms with Crippen molar-refractivity contribution < 1.29 is 0 Å². The highest BCUT2D eigenvalue weighted by molar-refractivity contribution is 7.09. The molecule has 1 aromatic rings. The maximum atomic E-state index is 5.56. The number of unbranched alkanes of at least 4 members (excludes halogenated alkanes) is 1. The van der Waals surface area contributed by atoms with E-state index in [1.54, 1.807) is 11.3 Å². The second-order valence-electron chi connectivity index (χ2n) is 2.96. The Morgan fingerprint density at radius 1 is 1.54 bits per heavy atom. The quantitative estimate of drug-likeness (QED) is 0.587. The number of hydrogen-bond donors (Lipinski definition) is 1. The van der Waals surface area contributed by atoms with E-state index >= 15 is 0 Å². The summed E-state index contributed by atoms with van der Waals surface area (Å²) in [7, 11) is 0. The number of rotatable bonds is 6. The van der Waals surface area contributed by atoms with Crippen molar-refractivity contribution in [1.29, 1.82) is 0 Å². The van der Waals surface area contributed by atoms with Crippen LogP contribution in [0.1, 0.15) is 23.5 Å². The molecule has 0 aromatic carbocycles. The smallest absolute Gasteiger partial charge is 0.107 e. The average molecular weight is 219 g/mol. The van der Waals surface area contributed by atoms with Crippen LogP contribution in [0.5, 0.6) is 0 Å². The summed E-state index contributed by atoms with van der Waals surface area (Å²) in [6, 6.07) is 0. The molecule has 0 unspecified atom stereocenters. The minimum Gasteiger partial charge on any atom is -0.310 e. The lowest BCUT2D eigenvalue weighted by atomic mass is 10.3. The normalized spacial score (nSPS) is 10.6. The molecule has 0 amide bonds. The Labute approximate surface area is 88.3 Å². The zero-order valence-electron chi connectivity index (χ0n) is 7.85. The Balaban J connectivity index is 2.06. The summed E-state index contributed by atoms with van der Waals surface area (Å²) in [4.78, 5) is 4.36. The van der Waals surface area contributed by atoms with Crippen LogP contribution in [0.2, 0.25) is 0 Å². The SMILES string of the molecule is Cc1csc(CNCCCCCl)n1. The third kappa shape index (κ3) is 4.60. The van der Waals surface area contributed by atoms with Gasteiger partial charge in [-0.2, -0.15) is 0 Å². The van der Waals surface area contributed by atoms with E-state index in [0.717, 1.165) is 37.5 Å². The van der Waals surface area contributed by atoms with Crippen molar-refractivity contribution in [3.05, 3.63) is 16.1 Å². The number of aromatic nitrogens is 1. The van der Waals surface area contributed by atoms with Gasteiger partial charge in [0, 0.05) is 23.5 Å². The number of nitrogens with one attached hydrogen (secondary N) is 1. The number of alkyl halides is 1. The van der Waals surface area contributed by atoms with E-state index in [1.165, 1.54) is 5.01 Å². The fourth-order valence-electron chi connectivity index (χ4n) is 1.02. The first kappa shape index (κ1) is 11.0. The first-order valence-electron chi connectivity index (χ1n) is 4.50. The summed E-state index contributed by atoms with van der Waals surface area (Å²) in [5.74, 6) is 0.762. The number of aryl methyl sites for hydroxylation is 1. The van der Waals surface area contributed by atoms with Crippen molar-refractivity contribution in [2.75, 3.05) is 12.4 Å². The molecule has 0 saturated heterocycles. The molecule has 1 rings (SSSR count). The van der Waals surface area contributed by atoms with E-state index in [0.29, 0.717) is 0 Å². The molecule has 1 heterocycles. The third-order valence-corrected chi connectivity index (χ3v) is 2.91. The molecule has 2 nitrogen and oxygen atoms in total. The van der Waals surface area contributed by atoms with Crippen molar-refractivity contribution in [1.82, 2.24) is 10.3 Å². The fourth-order valence-corrected chi connectivity index (χ4v) is 1.95. The van der Waals surface area contributed by atoms with Crippen LogP contribution >= 0.6 is 22.9 Å². The molecule has 0 radical (unpaired) electrons. The van der Waals surface area contributed by atoms with Crippen LogP contribution in [0.4, 0.5) is 0 Å². The Morgan fingerprint density at radius 3 is 3.00 bits per heavy atom. The van der Waals surface area contributed by atoms with Gasteiger partial charge in [0.1, 0.15) is 5.01 Å². The van der Waals surface area contributed by atoms with E-state index in [4.69, 9.17) is 11.6 Å². The number of thiazole rings is 1. The number of nitrogens with zero attached hydrogens (tertiary/aromatic N) is 1. The highest BCUT2D eigenvalue weighted by Gasteiger charge is 1.96. The van der Waals surface area contributed by atoms with Crippen LogP contribution in [0, 0.1) is 6.92 Å². The molecule has 0 aliphatic heterocycles. The van der Waals surface area contributed by atoms with Gasteiger partial charge < -0.3 is 5.32 Å². The van der Waals surface area contributed by atoms with Gasteiger partial charge in [-0.05, 0) is 26.3 Å². The average Bonchev–Trinajstić information content (AvgIpc) is 2.51. The lowest BCUT2D eigenvalue weighted by molar-refractivity contribution is 0.640. The maximum Gasteiger partial charge on any atom is 0.107 e. The fraction of sp³-hybridized carbons (Fsp3) is 0.667. The van der Waals surface area contributed by atoms with Gasteiger partial charge in [-0.15, -0.1) is 22.9 Å². The van der Waals surface area contributed by atoms with E-state index in [2.05, 4.69) is 15.7 Å². The molecular formula is C9H15ClN2S. The van der Waals surface area contributed by atoms with E-state index in [9.17, 15) is 0 Å². The van der Waals surface area contributed by atoms with E-state index in [1.807, 2.05) is 6.92 Å². The van der Waals surface area contributed by atoms with Gasteiger partial charge in [-0.3, -0.25) is 0 Å². The van der Waals surface area contributed by atoms with E-state index in [-0.39, 0.29) is 0 Å². The lowest BCUT2D eigenvalue weighted by Crippen LogP contribution is -2.14. The predicted octanol–water partition coefficient (Wildman–Crippen LogP) is 2.56. The van der Waals surface area contributed by atoms with E-state index < -0.39 is 0 Å². The molecule has 0 aliphatic rings. The summed E-state index contributed by atoms with van der Waals surface area (Å²) in [6.07, 6.45) is 2.24. The summed E-state index contributed by atoms with van der Waals surface area (Å²) in [6.45, 7) is 3.94. The van der Waals surface area contributed by atoms with Crippen molar-refractivity contribution in [3.8, 4) is 0 Å². The van der Waals surface area contributed by atoms with Crippen LogP contribution in [-0.4, -0.2) is 17.4 Å². The van der Waals surface area contributed by atoms with Gasteiger partial charge in [0.15, 0.2) is 0 Å². The van der Waals surface area contributed by atoms with Crippen LogP contribution in [0.3, 0.4) is 0 Å². The topological polar surface area (TPSA) is 24.9 Å². The zero-order chi connectivity index (χ0) is 9.52. The molecule has 0 fully saturated rings. The van der Waals surface area contributed by atoms with Gasteiger partial charge in [-0.25, -0.2) is 4.98 Å². The first-order chi connectivity index (χ1) is 6.33. The molecule has 1 N–H and O–H groups in total. The van der Waals surface area contributed by atoms with Crippen molar-refractivity contribution in [2.45, 2.75) is 26.3 Å². The third-order valence-electron chi connectivity index (χ3n) is 1.68. The minimum atomic E-state index is 0.762. The molecule has 13 heavy (non-hydrogen) atoms. The Morgan fingerprint density at radius 2 is 2.38 bits per heavy atom. The second kappa shape index (κ2) is 6.35. The predicted molar refractivity (Wildman–Crippen MR) is 58.5 cm³/mol. The van der Waals surface area contributed by atoms with Gasteiger partial charge in [-0.1, -0.05) is 0 Å². The van der Waals surface area contributed by atoms with Crippen LogP contribution < -0.4 is 5.32 Å². The second-order valence-corrected chi connectivity index (χ2v) is 4.28. The summed E-state index contributed by atoms with van der Waals surface area (Å²) in [5, 5.41) is 6.59. The lowest BCUT2D eigenvalue weighted by Gasteiger charge is -2.00. The summed E-state index contributed by atoms with van der Waals surface area (Å²) < 4.78 is 0. The Hall–Kier alpha value is -0.120. The monoisotopic (exact) mass is 218 g/mol. The molecule has 0 spiro atoms. The number of halogens is 1. The van der Waals surface area contributed by atoms with Gasteiger partial charge in [0.25, 0.3) is 0 Å². The van der Waals surface area contributed by atoms with Crippen molar-refractivity contribution in [2.24, 2.45) is 0 Å². The maximum absolute atomic E-state index is 5.56. The largest absolute Gasteiger partial charge is 0.310 e. The molecule has 74 valence electrons. The minimum absolute atomic E-state index is 0.762. The molecule has 0 saturated carbocycles. The van der Waals surface area contributed by atoms with Crippen molar-refractivity contribution in [3.63, 3.8) is 0 Å². The van der Waals surface area contributed by atoms with Crippen LogP contribution in [0.25, 0.3) is 0 Å². The molecular weight excluding hydrogens is 204 g/mol. The Bertz CT molecular complexity index is 237. The molecule has 0 atom stereocenters. The van der Waals surface area contributed by atoms with Gasteiger partial charge in [0.2, 0.25) is 0 Å². The highest BCUT2D eigenvalue weighted by atomic mass is 35.5. The van der Waals surface area contributed by atoms with Crippen LogP contribution in [-0.2, 0) is 6.54 Å².